The normalized spacial score (nSPS) is 12.4. The van der Waals surface area contributed by atoms with E-state index in [2.05, 4.69) is 17.2 Å². The Morgan fingerprint density at radius 1 is 1.53 bits per heavy atom. The summed E-state index contributed by atoms with van der Waals surface area (Å²) in [6.07, 6.45) is 4.36. The average molecular weight is 251 g/mol. The molecule has 2 aromatic rings. The van der Waals surface area contributed by atoms with E-state index in [0.29, 0.717) is 5.15 Å². The van der Waals surface area contributed by atoms with Crippen LogP contribution in [0.4, 0.5) is 5.69 Å². The number of hydrogen-bond acceptors (Lipinski definition) is 3. The number of pyridine rings is 1. The summed E-state index contributed by atoms with van der Waals surface area (Å²) in [6.45, 7) is 4.05. The predicted molar refractivity (Wildman–Crippen MR) is 69.3 cm³/mol. The van der Waals surface area contributed by atoms with E-state index in [1.807, 2.05) is 25.1 Å². The maximum Gasteiger partial charge on any atom is 0.132 e. The van der Waals surface area contributed by atoms with Gasteiger partial charge in [-0.15, -0.1) is 0 Å². The highest BCUT2D eigenvalue weighted by atomic mass is 35.5. The van der Waals surface area contributed by atoms with Crippen LogP contribution in [0.1, 0.15) is 30.7 Å². The zero-order valence-electron chi connectivity index (χ0n) is 9.90. The van der Waals surface area contributed by atoms with E-state index in [0.717, 1.165) is 23.4 Å². The van der Waals surface area contributed by atoms with Gasteiger partial charge in [0, 0.05) is 0 Å². The molecule has 0 amide bonds. The second kappa shape index (κ2) is 5.23. The van der Waals surface area contributed by atoms with Crippen LogP contribution in [0.3, 0.4) is 0 Å². The van der Waals surface area contributed by atoms with Gasteiger partial charge in [-0.2, -0.15) is 0 Å². The summed E-state index contributed by atoms with van der Waals surface area (Å²) < 4.78 is 5.40. The Hall–Kier alpha value is -1.48. The molecule has 1 unspecified atom stereocenters. The SMILES string of the molecule is CCC(Nc1cnc(Cl)c(C)c1)c1ccco1. The Bertz CT molecular complexity index is 482. The number of rotatable bonds is 4. The van der Waals surface area contributed by atoms with Crippen LogP contribution in [0.15, 0.2) is 35.1 Å². The quantitative estimate of drug-likeness (QED) is 0.827. The molecule has 4 heteroatoms. The van der Waals surface area contributed by atoms with Crippen LogP contribution in [0, 0.1) is 6.92 Å². The molecule has 0 radical (unpaired) electrons. The third-order valence-corrected chi connectivity index (χ3v) is 3.05. The lowest BCUT2D eigenvalue weighted by molar-refractivity contribution is 0.474. The van der Waals surface area contributed by atoms with E-state index in [4.69, 9.17) is 16.0 Å². The van der Waals surface area contributed by atoms with Crippen LogP contribution in [-0.4, -0.2) is 4.98 Å². The number of anilines is 1. The van der Waals surface area contributed by atoms with E-state index in [1.54, 1.807) is 12.5 Å². The fraction of sp³-hybridized carbons (Fsp3) is 0.308. The molecule has 17 heavy (non-hydrogen) atoms. The number of nitrogens with one attached hydrogen (secondary N) is 1. The molecule has 2 rings (SSSR count). The van der Waals surface area contributed by atoms with Crippen molar-refractivity contribution in [3.63, 3.8) is 0 Å². The van der Waals surface area contributed by atoms with Gasteiger partial charge in [0.1, 0.15) is 10.9 Å². The lowest BCUT2D eigenvalue weighted by Gasteiger charge is -2.16. The van der Waals surface area contributed by atoms with Gasteiger partial charge in [-0.25, -0.2) is 4.98 Å². The van der Waals surface area contributed by atoms with Gasteiger partial charge in [0.25, 0.3) is 0 Å². The summed E-state index contributed by atoms with van der Waals surface area (Å²) in [5.41, 5.74) is 1.92. The van der Waals surface area contributed by atoms with Crippen molar-refractivity contribution in [2.45, 2.75) is 26.3 Å². The third-order valence-electron chi connectivity index (χ3n) is 2.65. The Morgan fingerprint density at radius 2 is 2.35 bits per heavy atom. The molecule has 90 valence electrons. The van der Waals surface area contributed by atoms with Crippen molar-refractivity contribution in [3.8, 4) is 0 Å². The molecular weight excluding hydrogens is 236 g/mol. The number of furan rings is 1. The lowest BCUT2D eigenvalue weighted by Crippen LogP contribution is -2.09. The topological polar surface area (TPSA) is 38.1 Å². The Morgan fingerprint density at radius 3 is 2.94 bits per heavy atom. The van der Waals surface area contributed by atoms with Gasteiger partial charge in [0.15, 0.2) is 0 Å². The highest BCUT2D eigenvalue weighted by Gasteiger charge is 2.12. The molecule has 2 aromatic heterocycles. The van der Waals surface area contributed by atoms with Gasteiger partial charge in [-0.05, 0) is 37.1 Å². The second-order valence-electron chi connectivity index (χ2n) is 3.95. The molecule has 0 spiro atoms. The van der Waals surface area contributed by atoms with Gasteiger partial charge in [0.05, 0.1) is 24.2 Å². The number of hydrogen-bond donors (Lipinski definition) is 1. The minimum absolute atomic E-state index is 0.160. The standard InChI is InChI=1S/C13H15ClN2O/c1-3-11(12-5-4-6-17-12)16-10-7-9(2)13(14)15-8-10/h4-8,11,16H,3H2,1-2H3. The minimum atomic E-state index is 0.160. The van der Waals surface area contributed by atoms with Gasteiger partial charge < -0.3 is 9.73 Å². The molecule has 0 bridgehead atoms. The molecule has 1 N–H and O–H groups in total. The number of aromatic nitrogens is 1. The van der Waals surface area contributed by atoms with Crippen molar-refractivity contribution in [1.29, 1.82) is 0 Å². The maximum atomic E-state index is 5.89. The Labute approximate surface area is 106 Å². The third kappa shape index (κ3) is 2.80. The van der Waals surface area contributed by atoms with Gasteiger partial charge in [-0.1, -0.05) is 18.5 Å². The average Bonchev–Trinajstić information content (AvgIpc) is 2.84. The Balaban J connectivity index is 2.16. The molecule has 0 aliphatic carbocycles. The summed E-state index contributed by atoms with van der Waals surface area (Å²) in [5.74, 6) is 0.931. The van der Waals surface area contributed by atoms with E-state index in [1.165, 1.54) is 0 Å². The van der Waals surface area contributed by atoms with E-state index < -0.39 is 0 Å². The maximum absolute atomic E-state index is 5.89. The van der Waals surface area contributed by atoms with Gasteiger partial charge in [0.2, 0.25) is 0 Å². The van der Waals surface area contributed by atoms with Gasteiger partial charge in [-0.3, -0.25) is 0 Å². The van der Waals surface area contributed by atoms with Crippen LogP contribution < -0.4 is 5.32 Å². The number of halogens is 1. The summed E-state index contributed by atoms with van der Waals surface area (Å²) in [6, 6.07) is 6.01. The van der Waals surface area contributed by atoms with E-state index in [-0.39, 0.29) is 6.04 Å². The smallest absolute Gasteiger partial charge is 0.132 e. The summed E-state index contributed by atoms with van der Waals surface area (Å²) in [5, 5.41) is 3.93. The molecular formula is C13H15ClN2O. The van der Waals surface area contributed by atoms with E-state index >= 15 is 0 Å². The summed E-state index contributed by atoms with van der Waals surface area (Å²) in [7, 11) is 0. The van der Waals surface area contributed by atoms with Crippen molar-refractivity contribution in [1.82, 2.24) is 4.98 Å². The van der Waals surface area contributed by atoms with Crippen molar-refractivity contribution < 1.29 is 4.42 Å². The molecule has 0 saturated carbocycles. The molecule has 2 heterocycles. The molecule has 0 aliphatic heterocycles. The predicted octanol–water partition coefficient (Wildman–Crippen LogP) is 4.20. The molecule has 0 fully saturated rings. The zero-order valence-corrected chi connectivity index (χ0v) is 10.7. The minimum Gasteiger partial charge on any atom is -0.467 e. The van der Waals surface area contributed by atoms with E-state index in [9.17, 15) is 0 Å². The first-order valence-corrected chi connectivity index (χ1v) is 6.00. The molecule has 0 saturated heterocycles. The van der Waals surface area contributed by atoms with Crippen molar-refractivity contribution in [3.05, 3.63) is 47.1 Å². The van der Waals surface area contributed by atoms with Crippen molar-refractivity contribution >= 4 is 17.3 Å². The van der Waals surface area contributed by atoms with Crippen LogP contribution in [-0.2, 0) is 0 Å². The largest absolute Gasteiger partial charge is 0.467 e. The summed E-state index contributed by atoms with van der Waals surface area (Å²) >= 11 is 5.89. The Kier molecular flexibility index (Phi) is 3.69. The van der Waals surface area contributed by atoms with Crippen LogP contribution >= 0.6 is 11.6 Å². The highest BCUT2D eigenvalue weighted by molar-refractivity contribution is 6.30. The van der Waals surface area contributed by atoms with Crippen molar-refractivity contribution in [2.24, 2.45) is 0 Å². The highest BCUT2D eigenvalue weighted by Crippen LogP contribution is 2.24. The fourth-order valence-corrected chi connectivity index (χ4v) is 1.81. The van der Waals surface area contributed by atoms with Crippen LogP contribution in [0.5, 0.6) is 0 Å². The monoisotopic (exact) mass is 250 g/mol. The number of aryl methyl sites for hydroxylation is 1. The van der Waals surface area contributed by atoms with Crippen molar-refractivity contribution in [2.75, 3.05) is 5.32 Å². The second-order valence-corrected chi connectivity index (χ2v) is 4.31. The molecule has 3 nitrogen and oxygen atoms in total. The first-order valence-electron chi connectivity index (χ1n) is 5.62. The van der Waals surface area contributed by atoms with Gasteiger partial charge >= 0.3 is 0 Å². The zero-order chi connectivity index (χ0) is 12.3. The molecule has 1 atom stereocenters. The van der Waals surface area contributed by atoms with Crippen LogP contribution in [0.25, 0.3) is 0 Å². The first kappa shape index (κ1) is 12.0. The fourth-order valence-electron chi connectivity index (χ4n) is 1.70. The molecule has 0 aliphatic rings. The lowest BCUT2D eigenvalue weighted by atomic mass is 10.1. The summed E-state index contributed by atoms with van der Waals surface area (Å²) in [4.78, 5) is 4.12. The van der Waals surface area contributed by atoms with Crippen LogP contribution in [0.2, 0.25) is 5.15 Å². The number of nitrogens with zero attached hydrogens (tertiary/aromatic N) is 1. The first-order chi connectivity index (χ1) is 8.20. The molecule has 0 aromatic carbocycles.